The van der Waals surface area contributed by atoms with Crippen LogP contribution in [-0.4, -0.2) is 52.3 Å². The van der Waals surface area contributed by atoms with Crippen LogP contribution in [0.4, 0.5) is 10.2 Å². The maximum Gasteiger partial charge on any atom is 0.141 e. The Hall–Kier alpha value is -2.51. The molecule has 0 amide bonds. The van der Waals surface area contributed by atoms with E-state index >= 15 is 0 Å². The van der Waals surface area contributed by atoms with Crippen molar-refractivity contribution in [3.05, 3.63) is 58.0 Å². The zero-order valence-corrected chi connectivity index (χ0v) is 17.7. The first kappa shape index (κ1) is 20.8. The standard InChI is InChI=1S/C22H25ClFN5O/c1-2-29(15-4-5-15)10-9-25-21-13-17-16(7-8-26-22(17)27-21)20(28-30)12-14-3-6-19(24)18(23)11-14/h3,6-8,11,15,30H,2,4-5,9-10,12-13H2,1H3,(H,25,26,27)/b28-20+. The van der Waals surface area contributed by atoms with Gasteiger partial charge in [-0.05, 0) is 43.1 Å². The van der Waals surface area contributed by atoms with E-state index < -0.39 is 5.82 Å². The van der Waals surface area contributed by atoms with Crippen LogP contribution in [-0.2, 0) is 12.8 Å². The molecule has 0 spiro atoms. The Morgan fingerprint density at radius 1 is 1.37 bits per heavy atom. The quantitative estimate of drug-likeness (QED) is 0.375. The predicted octanol–water partition coefficient (Wildman–Crippen LogP) is 4.15. The summed E-state index contributed by atoms with van der Waals surface area (Å²) in [6.07, 6.45) is 5.20. The van der Waals surface area contributed by atoms with Crippen LogP contribution in [0, 0.1) is 5.82 Å². The highest BCUT2D eigenvalue weighted by Gasteiger charge is 2.27. The highest BCUT2D eigenvalue weighted by Crippen LogP contribution is 2.28. The highest BCUT2D eigenvalue weighted by atomic mass is 35.5. The Morgan fingerprint density at radius 3 is 2.90 bits per heavy atom. The lowest BCUT2D eigenvalue weighted by Gasteiger charge is -2.18. The molecule has 0 radical (unpaired) electrons. The second kappa shape index (κ2) is 9.10. The van der Waals surface area contributed by atoms with Crippen molar-refractivity contribution >= 4 is 29.0 Å². The average molecular weight is 430 g/mol. The molecule has 0 atom stereocenters. The Balaban J connectivity index is 1.47. The van der Waals surface area contributed by atoms with Gasteiger partial charge in [0.2, 0.25) is 0 Å². The lowest BCUT2D eigenvalue weighted by molar-refractivity contribution is 0.286. The number of nitrogens with zero attached hydrogens (tertiary/aromatic N) is 4. The maximum absolute atomic E-state index is 13.4. The van der Waals surface area contributed by atoms with Gasteiger partial charge in [0.25, 0.3) is 0 Å². The minimum absolute atomic E-state index is 0.0492. The molecule has 1 aliphatic heterocycles. The number of amidine groups is 1. The number of hydrogen-bond acceptors (Lipinski definition) is 5. The zero-order valence-electron chi connectivity index (χ0n) is 16.9. The van der Waals surface area contributed by atoms with Crippen molar-refractivity contribution in [2.24, 2.45) is 10.1 Å². The van der Waals surface area contributed by atoms with Crippen molar-refractivity contribution in [2.45, 2.75) is 38.6 Å². The molecule has 1 aliphatic carbocycles. The Labute approximate surface area is 180 Å². The van der Waals surface area contributed by atoms with Gasteiger partial charge in [0.15, 0.2) is 0 Å². The average Bonchev–Trinajstić information content (AvgIpc) is 3.50. The Morgan fingerprint density at radius 2 is 2.20 bits per heavy atom. The SMILES string of the molecule is CCN(CCN=C1Cc2c(/C(Cc3ccc(F)c(Cl)c3)=N/O)ccnc2N1)C1CC1. The van der Waals surface area contributed by atoms with Crippen molar-refractivity contribution in [3.63, 3.8) is 0 Å². The first-order valence-electron chi connectivity index (χ1n) is 10.3. The van der Waals surface area contributed by atoms with Gasteiger partial charge < -0.3 is 10.5 Å². The molecule has 30 heavy (non-hydrogen) atoms. The van der Waals surface area contributed by atoms with E-state index in [-0.39, 0.29) is 5.02 Å². The molecular formula is C22H25ClFN5O. The van der Waals surface area contributed by atoms with Gasteiger partial charge in [-0.25, -0.2) is 9.37 Å². The van der Waals surface area contributed by atoms with E-state index in [1.165, 1.54) is 18.9 Å². The van der Waals surface area contributed by atoms with E-state index in [9.17, 15) is 9.60 Å². The largest absolute Gasteiger partial charge is 0.411 e. The van der Waals surface area contributed by atoms with E-state index in [0.717, 1.165) is 54.0 Å². The molecule has 158 valence electrons. The number of aromatic nitrogens is 1. The number of benzene rings is 1. The number of anilines is 1. The first-order chi connectivity index (χ1) is 14.6. The molecule has 2 aromatic rings. The summed E-state index contributed by atoms with van der Waals surface area (Å²) in [6.45, 7) is 4.94. The fourth-order valence-electron chi connectivity index (χ4n) is 3.87. The third-order valence-electron chi connectivity index (χ3n) is 5.61. The zero-order chi connectivity index (χ0) is 21.1. The number of hydrogen-bond donors (Lipinski definition) is 2. The summed E-state index contributed by atoms with van der Waals surface area (Å²) in [7, 11) is 0. The molecule has 6 nitrogen and oxygen atoms in total. The Bertz CT molecular complexity index is 989. The van der Waals surface area contributed by atoms with Crippen LogP contribution >= 0.6 is 11.6 Å². The summed E-state index contributed by atoms with van der Waals surface area (Å²) in [5, 5.41) is 16.5. The van der Waals surface area contributed by atoms with Crippen LogP contribution in [0.1, 0.15) is 36.5 Å². The molecule has 2 heterocycles. The van der Waals surface area contributed by atoms with E-state index in [4.69, 9.17) is 16.6 Å². The van der Waals surface area contributed by atoms with Crippen LogP contribution in [0.25, 0.3) is 0 Å². The highest BCUT2D eigenvalue weighted by molar-refractivity contribution is 6.30. The number of aliphatic imine (C=N–C) groups is 1. The fraction of sp³-hybridized carbons (Fsp3) is 0.409. The van der Waals surface area contributed by atoms with Crippen molar-refractivity contribution in [1.29, 1.82) is 0 Å². The molecule has 8 heteroatoms. The number of pyridine rings is 1. The van der Waals surface area contributed by atoms with Crippen LogP contribution in [0.15, 0.2) is 40.6 Å². The van der Waals surface area contributed by atoms with Gasteiger partial charge in [0.05, 0.1) is 17.3 Å². The second-order valence-electron chi connectivity index (χ2n) is 7.65. The second-order valence-corrected chi connectivity index (χ2v) is 8.05. The number of nitrogens with one attached hydrogen (secondary N) is 1. The normalized spacial score (nSPS) is 17.5. The Kier molecular flexibility index (Phi) is 6.29. The third kappa shape index (κ3) is 4.63. The van der Waals surface area contributed by atoms with Gasteiger partial charge in [0.1, 0.15) is 17.5 Å². The summed E-state index contributed by atoms with van der Waals surface area (Å²) in [5.74, 6) is 1.14. The lowest BCUT2D eigenvalue weighted by Crippen LogP contribution is -2.28. The van der Waals surface area contributed by atoms with Crippen LogP contribution < -0.4 is 5.32 Å². The number of fused-ring (bicyclic) bond motifs is 1. The van der Waals surface area contributed by atoms with Gasteiger partial charge in [0, 0.05) is 42.8 Å². The first-order valence-corrected chi connectivity index (χ1v) is 10.6. The minimum Gasteiger partial charge on any atom is -0.411 e. The summed E-state index contributed by atoms with van der Waals surface area (Å²) in [6, 6.07) is 7.07. The molecule has 1 aromatic carbocycles. The van der Waals surface area contributed by atoms with Crippen molar-refractivity contribution in [2.75, 3.05) is 25.0 Å². The van der Waals surface area contributed by atoms with Crippen molar-refractivity contribution in [1.82, 2.24) is 9.88 Å². The van der Waals surface area contributed by atoms with Crippen molar-refractivity contribution < 1.29 is 9.60 Å². The van der Waals surface area contributed by atoms with Crippen LogP contribution in [0.5, 0.6) is 0 Å². The van der Waals surface area contributed by atoms with E-state index in [2.05, 4.69) is 27.3 Å². The van der Waals surface area contributed by atoms with Crippen LogP contribution in [0.2, 0.25) is 5.02 Å². The van der Waals surface area contributed by atoms with E-state index in [0.29, 0.717) is 18.6 Å². The summed E-state index contributed by atoms with van der Waals surface area (Å²) >= 11 is 5.89. The lowest BCUT2D eigenvalue weighted by atomic mass is 9.98. The molecule has 1 fully saturated rings. The minimum atomic E-state index is -0.471. The summed E-state index contributed by atoms with van der Waals surface area (Å²) < 4.78 is 13.4. The molecule has 0 bridgehead atoms. The number of oxime groups is 1. The third-order valence-corrected chi connectivity index (χ3v) is 5.90. The fourth-order valence-corrected chi connectivity index (χ4v) is 4.08. The monoisotopic (exact) mass is 429 g/mol. The van der Waals surface area contributed by atoms with Gasteiger partial charge in [-0.3, -0.25) is 9.89 Å². The molecule has 0 saturated heterocycles. The molecule has 1 saturated carbocycles. The molecule has 4 rings (SSSR count). The smallest absolute Gasteiger partial charge is 0.141 e. The van der Waals surface area contributed by atoms with E-state index in [1.54, 1.807) is 18.3 Å². The van der Waals surface area contributed by atoms with Gasteiger partial charge in [-0.15, -0.1) is 0 Å². The topological polar surface area (TPSA) is 73.1 Å². The molecule has 2 aliphatic rings. The number of likely N-dealkylation sites (N-methyl/N-ethyl adjacent to an activating group) is 1. The molecule has 2 N–H and O–H groups in total. The maximum atomic E-state index is 13.4. The predicted molar refractivity (Wildman–Crippen MR) is 118 cm³/mol. The summed E-state index contributed by atoms with van der Waals surface area (Å²) in [4.78, 5) is 11.6. The number of rotatable bonds is 8. The molecule has 0 unspecified atom stereocenters. The van der Waals surface area contributed by atoms with Crippen LogP contribution in [0.3, 0.4) is 0 Å². The van der Waals surface area contributed by atoms with Gasteiger partial charge in [-0.1, -0.05) is 29.7 Å². The van der Waals surface area contributed by atoms with Crippen molar-refractivity contribution in [3.8, 4) is 0 Å². The molecule has 1 aromatic heterocycles. The van der Waals surface area contributed by atoms with Gasteiger partial charge >= 0.3 is 0 Å². The van der Waals surface area contributed by atoms with E-state index in [1.807, 2.05) is 6.07 Å². The summed E-state index contributed by atoms with van der Waals surface area (Å²) in [5.41, 5.74) is 2.99. The van der Waals surface area contributed by atoms with Gasteiger partial charge in [-0.2, -0.15) is 0 Å². The number of halogens is 2. The molecular weight excluding hydrogens is 405 g/mol.